The normalized spacial score (nSPS) is 22.1. The summed E-state index contributed by atoms with van der Waals surface area (Å²) < 4.78 is 37.5. The number of unbranched alkanes of at least 4 members (excludes halogenated alkanes) is 7. The van der Waals surface area contributed by atoms with Gasteiger partial charge >= 0.3 is 0 Å². The zero-order valence-corrected chi connectivity index (χ0v) is 25.5. The first kappa shape index (κ1) is 31.7. The van der Waals surface area contributed by atoms with Gasteiger partial charge in [-0.05, 0) is 44.7 Å². The van der Waals surface area contributed by atoms with E-state index >= 15 is 0 Å². The van der Waals surface area contributed by atoms with Crippen LogP contribution in [0.2, 0.25) is 0 Å². The Bertz CT molecular complexity index is 742. The minimum Gasteiger partial charge on any atom is -0.495 e. The number of aryl methyl sites for hydroxylation is 1. The highest BCUT2D eigenvalue weighted by Gasteiger charge is 2.36. The zero-order valence-electron chi connectivity index (χ0n) is 22.5. The maximum absolute atomic E-state index is 12.6. The first-order valence-electron chi connectivity index (χ1n) is 13.7. The molecule has 36 heavy (non-hydrogen) atoms. The minimum atomic E-state index is -1.23. The molecule has 0 amide bonds. The van der Waals surface area contributed by atoms with Crippen molar-refractivity contribution in [2.24, 2.45) is 0 Å². The van der Waals surface area contributed by atoms with E-state index in [9.17, 15) is 4.21 Å². The predicted octanol–water partition coefficient (Wildman–Crippen LogP) is 7.85. The molecule has 0 bridgehead atoms. The summed E-state index contributed by atoms with van der Waals surface area (Å²) >= 11 is 2.39. The molecule has 206 valence electrons. The summed E-state index contributed by atoms with van der Waals surface area (Å²) in [7, 11) is 0.439. The van der Waals surface area contributed by atoms with Crippen LogP contribution in [0.15, 0.2) is 40.8 Å². The van der Waals surface area contributed by atoms with Gasteiger partial charge in [-0.25, -0.2) is 4.21 Å². The molecule has 0 N–H and O–H groups in total. The van der Waals surface area contributed by atoms with Gasteiger partial charge in [0.15, 0.2) is 0 Å². The molecule has 0 unspecified atom stereocenters. The summed E-state index contributed by atoms with van der Waals surface area (Å²) in [5.41, 5.74) is 1.15. The Balaban J connectivity index is 1.88. The molecule has 0 aliphatic carbocycles. The number of hydrogen-bond donors (Lipinski definition) is 0. The van der Waals surface area contributed by atoms with Crippen molar-refractivity contribution in [1.29, 1.82) is 0 Å². The number of benzene rings is 1. The van der Waals surface area contributed by atoms with Crippen LogP contribution < -0.4 is 0 Å². The van der Waals surface area contributed by atoms with Crippen molar-refractivity contribution < 1.29 is 23.2 Å². The van der Waals surface area contributed by atoms with E-state index in [1.807, 2.05) is 31.2 Å². The lowest BCUT2D eigenvalue weighted by Gasteiger charge is -2.39. The van der Waals surface area contributed by atoms with Gasteiger partial charge in [-0.3, -0.25) is 0 Å². The highest BCUT2D eigenvalue weighted by atomic mass is 127. The summed E-state index contributed by atoms with van der Waals surface area (Å²) in [5, 5.41) is 1.64. The Morgan fingerprint density at radius 3 is 2.44 bits per heavy atom. The van der Waals surface area contributed by atoms with E-state index in [2.05, 4.69) is 29.5 Å². The molecule has 1 aliphatic rings. The molecular weight excluding hydrogens is 587 g/mol. The Hall–Kier alpha value is -0.480. The first-order chi connectivity index (χ1) is 17.6. The third-order valence-electron chi connectivity index (χ3n) is 6.74. The van der Waals surface area contributed by atoms with E-state index in [4.69, 9.17) is 18.9 Å². The Kier molecular flexibility index (Phi) is 17.3. The standard InChI is InChI=1S/C29H47IO5S/c1-4-5-6-7-8-9-10-11-12-28-26(34-23-32-3)17-18-29(35-28)27(19-20-30)33-21-22-36(31)25-15-13-24(2)14-16-25/h13-16,21-22,26-29H,4-12,17-20,23H2,1-3H3/b22-21+/t26-,27+,28+,29+,36+/m1/s1. The second-order valence-corrected chi connectivity index (χ2v) is 12.1. The van der Waals surface area contributed by atoms with Gasteiger partial charge in [-0.1, -0.05) is 98.6 Å². The fraction of sp³-hybridized carbons (Fsp3) is 0.724. The minimum absolute atomic E-state index is 0.0127. The van der Waals surface area contributed by atoms with E-state index in [-0.39, 0.29) is 24.4 Å². The molecule has 0 spiro atoms. The maximum atomic E-state index is 12.6. The van der Waals surface area contributed by atoms with Gasteiger partial charge in [-0.15, -0.1) is 0 Å². The molecule has 1 aliphatic heterocycles. The van der Waals surface area contributed by atoms with Gasteiger partial charge in [0.05, 0.1) is 35.4 Å². The van der Waals surface area contributed by atoms with E-state index in [1.165, 1.54) is 44.9 Å². The van der Waals surface area contributed by atoms with Crippen LogP contribution in [0.3, 0.4) is 0 Å². The summed E-state index contributed by atoms with van der Waals surface area (Å²) in [4.78, 5) is 0.781. The lowest BCUT2D eigenvalue weighted by Crippen LogP contribution is -2.45. The second-order valence-electron chi connectivity index (χ2n) is 9.70. The van der Waals surface area contributed by atoms with Gasteiger partial charge in [0.25, 0.3) is 0 Å². The van der Waals surface area contributed by atoms with Crippen LogP contribution in [0.25, 0.3) is 0 Å². The molecule has 1 saturated heterocycles. The number of alkyl halides is 1. The summed E-state index contributed by atoms with van der Waals surface area (Å²) in [6.45, 7) is 4.59. The summed E-state index contributed by atoms with van der Waals surface area (Å²) in [5.74, 6) is 0. The number of methoxy groups -OCH3 is 1. The third kappa shape index (κ3) is 12.4. The largest absolute Gasteiger partial charge is 0.495 e. The van der Waals surface area contributed by atoms with Crippen molar-refractivity contribution in [3.05, 3.63) is 41.5 Å². The molecule has 5 nitrogen and oxygen atoms in total. The highest BCUT2D eigenvalue weighted by Crippen LogP contribution is 2.30. The smallest absolute Gasteiger partial charge is 0.146 e. The quantitative estimate of drug-likeness (QED) is 0.0510. The molecule has 0 saturated carbocycles. The molecule has 5 atom stereocenters. The summed E-state index contributed by atoms with van der Waals surface area (Å²) in [6.07, 6.45) is 15.8. The Labute approximate surface area is 235 Å². The second kappa shape index (κ2) is 19.6. The SMILES string of the molecule is CCCCCCCCCC[C@@H]1O[C@H]([C@H](CCI)O/C=C/[S@](=O)c2ccc(C)cc2)CC[C@H]1OCOC. The van der Waals surface area contributed by atoms with E-state index < -0.39 is 10.8 Å². The number of hydrogen-bond acceptors (Lipinski definition) is 5. The fourth-order valence-corrected chi connectivity index (χ4v) is 5.97. The van der Waals surface area contributed by atoms with Gasteiger partial charge in [0, 0.05) is 21.8 Å². The van der Waals surface area contributed by atoms with Crippen LogP contribution in [0, 0.1) is 6.92 Å². The topological polar surface area (TPSA) is 54.0 Å². The van der Waals surface area contributed by atoms with Gasteiger partial charge in [0.1, 0.15) is 12.9 Å². The average molecular weight is 635 g/mol. The molecule has 1 fully saturated rings. The molecule has 1 heterocycles. The van der Waals surface area contributed by atoms with E-state index in [1.54, 1.807) is 18.8 Å². The lowest BCUT2D eigenvalue weighted by atomic mass is 9.93. The van der Waals surface area contributed by atoms with Gasteiger partial charge in [-0.2, -0.15) is 0 Å². The van der Waals surface area contributed by atoms with Crippen molar-refractivity contribution in [1.82, 2.24) is 0 Å². The van der Waals surface area contributed by atoms with E-state index in [0.717, 1.165) is 47.0 Å². The van der Waals surface area contributed by atoms with Gasteiger partial charge < -0.3 is 18.9 Å². The van der Waals surface area contributed by atoms with Crippen LogP contribution in [-0.2, 0) is 29.7 Å². The number of halogens is 1. The molecular formula is C29H47IO5S. The molecule has 2 rings (SSSR count). The average Bonchev–Trinajstić information content (AvgIpc) is 2.89. The lowest BCUT2D eigenvalue weighted by molar-refractivity contribution is -0.192. The maximum Gasteiger partial charge on any atom is 0.146 e. The molecule has 0 radical (unpaired) electrons. The zero-order chi connectivity index (χ0) is 26.0. The molecule has 0 aromatic heterocycles. The predicted molar refractivity (Wildman–Crippen MR) is 157 cm³/mol. The molecule has 7 heteroatoms. The Morgan fingerprint density at radius 1 is 1.08 bits per heavy atom. The summed E-state index contributed by atoms with van der Waals surface area (Å²) in [6, 6.07) is 7.76. The van der Waals surface area contributed by atoms with Crippen molar-refractivity contribution in [3.63, 3.8) is 0 Å². The molecule has 1 aromatic rings. The number of ether oxygens (including phenoxy) is 4. The van der Waals surface area contributed by atoms with Crippen molar-refractivity contribution >= 4 is 33.4 Å². The highest BCUT2D eigenvalue weighted by molar-refractivity contribution is 14.1. The van der Waals surface area contributed by atoms with Crippen LogP contribution in [0.1, 0.15) is 89.5 Å². The van der Waals surface area contributed by atoms with Crippen LogP contribution in [0.5, 0.6) is 0 Å². The van der Waals surface area contributed by atoms with Crippen LogP contribution >= 0.6 is 22.6 Å². The fourth-order valence-electron chi connectivity index (χ4n) is 4.63. The van der Waals surface area contributed by atoms with Crippen molar-refractivity contribution in [2.75, 3.05) is 18.3 Å². The van der Waals surface area contributed by atoms with Crippen LogP contribution in [0.4, 0.5) is 0 Å². The molecule has 1 aromatic carbocycles. The Morgan fingerprint density at radius 2 is 1.78 bits per heavy atom. The van der Waals surface area contributed by atoms with Crippen molar-refractivity contribution in [2.45, 2.75) is 120 Å². The number of rotatable bonds is 19. The monoisotopic (exact) mass is 634 g/mol. The third-order valence-corrected chi connectivity index (χ3v) is 8.45. The van der Waals surface area contributed by atoms with Crippen molar-refractivity contribution in [3.8, 4) is 0 Å². The van der Waals surface area contributed by atoms with E-state index in [0.29, 0.717) is 6.79 Å². The first-order valence-corrected chi connectivity index (χ1v) is 16.4. The van der Waals surface area contributed by atoms with Gasteiger partial charge in [0.2, 0.25) is 0 Å². The van der Waals surface area contributed by atoms with Crippen LogP contribution in [-0.4, -0.2) is 47.0 Å².